The molecule has 0 aliphatic carbocycles. The van der Waals surface area contributed by atoms with Crippen molar-refractivity contribution in [3.63, 3.8) is 0 Å². The van der Waals surface area contributed by atoms with E-state index in [0.29, 0.717) is 31.2 Å². The number of fused-ring (bicyclic) bond motifs is 1. The van der Waals surface area contributed by atoms with Crippen molar-refractivity contribution < 1.29 is 19.1 Å². The number of aryl methyl sites for hydroxylation is 1. The SMILES string of the molecule is COC(=O)c1cccc(-n2c(C)cc(/C=c3/sc4n(c3=O)[C@@H](c3ccc(Cl)cc3)C(C(=O)OC(C)C)=C(C)N=4)c2C)c1C. The first-order chi connectivity index (χ1) is 20.4. The molecule has 5 rings (SSSR count). The molecule has 0 N–H and O–H groups in total. The van der Waals surface area contributed by atoms with Gasteiger partial charge >= 0.3 is 11.9 Å². The van der Waals surface area contributed by atoms with Gasteiger partial charge in [-0.25, -0.2) is 14.6 Å². The fourth-order valence-corrected chi connectivity index (χ4v) is 6.63. The Labute approximate surface area is 258 Å². The molecule has 3 heterocycles. The van der Waals surface area contributed by atoms with E-state index < -0.39 is 18.0 Å². The minimum atomic E-state index is -0.724. The van der Waals surface area contributed by atoms with Gasteiger partial charge in [-0.1, -0.05) is 41.1 Å². The third-order valence-electron chi connectivity index (χ3n) is 7.48. The van der Waals surface area contributed by atoms with Gasteiger partial charge in [-0.2, -0.15) is 0 Å². The van der Waals surface area contributed by atoms with E-state index in [9.17, 15) is 14.4 Å². The summed E-state index contributed by atoms with van der Waals surface area (Å²) in [4.78, 5) is 44.9. The van der Waals surface area contributed by atoms with E-state index in [1.165, 1.54) is 18.4 Å². The first-order valence-corrected chi connectivity index (χ1v) is 15.0. The molecule has 1 aliphatic heterocycles. The normalized spacial score (nSPS) is 15.0. The number of esters is 2. The molecule has 4 aromatic rings. The monoisotopic (exact) mass is 617 g/mol. The molecule has 0 fully saturated rings. The molecule has 0 saturated heterocycles. The number of carbonyl (C=O) groups excluding carboxylic acids is 2. The first-order valence-electron chi connectivity index (χ1n) is 13.8. The number of carbonyl (C=O) groups is 2. The molecule has 0 bridgehead atoms. The van der Waals surface area contributed by atoms with Gasteiger partial charge in [0.25, 0.3) is 5.56 Å². The average molecular weight is 618 g/mol. The summed E-state index contributed by atoms with van der Waals surface area (Å²) < 4.78 is 14.6. The van der Waals surface area contributed by atoms with Gasteiger partial charge in [0.1, 0.15) is 0 Å². The van der Waals surface area contributed by atoms with Gasteiger partial charge in [0.2, 0.25) is 0 Å². The van der Waals surface area contributed by atoms with E-state index in [1.54, 1.807) is 43.5 Å². The van der Waals surface area contributed by atoms with Crippen LogP contribution in [0.25, 0.3) is 11.8 Å². The molecule has 1 atom stereocenters. The molecule has 1 aliphatic rings. The number of halogens is 1. The van der Waals surface area contributed by atoms with Gasteiger partial charge in [-0.15, -0.1) is 0 Å². The number of hydrogen-bond acceptors (Lipinski definition) is 7. The summed E-state index contributed by atoms with van der Waals surface area (Å²) in [6.07, 6.45) is 1.52. The average Bonchev–Trinajstić information content (AvgIpc) is 3.41. The minimum Gasteiger partial charge on any atom is -0.465 e. The van der Waals surface area contributed by atoms with E-state index in [4.69, 9.17) is 21.1 Å². The smallest absolute Gasteiger partial charge is 0.338 e. The number of benzene rings is 2. The van der Waals surface area contributed by atoms with Crippen LogP contribution in [0.1, 0.15) is 65.2 Å². The number of hydrogen-bond donors (Lipinski definition) is 0. The molecule has 10 heteroatoms. The largest absolute Gasteiger partial charge is 0.465 e. The van der Waals surface area contributed by atoms with Gasteiger partial charge in [0, 0.05) is 22.1 Å². The predicted molar refractivity (Wildman–Crippen MR) is 168 cm³/mol. The van der Waals surface area contributed by atoms with Crippen LogP contribution < -0.4 is 14.9 Å². The fraction of sp³-hybridized carbons (Fsp3) is 0.273. The van der Waals surface area contributed by atoms with Crippen molar-refractivity contribution in [3.8, 4) is 5.69 Å². The molecule has 222 valence electrons. The fourth-order valence-electron chi connectivity index (χ4n) is 5.46. The molecule has 0 radical (unpaired) electrons. The summed E-state index contributed by atoms with van der Waals surface area (Å²) in [5, 5.41) is 0.547. The standard InChI is InChI=1S/C33H32ClN3O5S/c1-17(2)42-32(40)28-20(5)35-33-37(29(28)22-11-13-24(34)14-12-22)30(38)27(43-33)16-23-15-18(3)36(21(23)6)26-10-8-9-25(19(26)4)31(39)41-7/h8-17,29H,1-7H3/b27-16+/t29-/m0/s1. The maximum atomic E-state index is 14.1. The highest BCUT2D eigenvalue weighted by atomic mass is 35.5. The third-order valence-corrected chi connectivity index (χ3v) is 8.71. The number of aromatic nitrogens is 2. The van der Waals surface area contributed by atoms with Crippen LogP contribution in [-0.2, 0) is 14.3 Å². The van der Waals surface area contributed by atoms with Gasteiger partial charge in [-0.3, -0.25) is 9.36 Å². The topological polar surface area (TPSA) is 91.9 Å². The van der Waals surface area contributed by atoms with Crippen LogP contribution in [0.5, 0.6) is 0 Å². The van der Waals surface area contributed by atoms with Crippen molar-refractivity contribution in [3.05, 3.63) is 118 Å². The third kappa shape index (κ3) is 5.50. The molecule has 0 amide bonds. The van der Waals surface area contributed by atoms with Gasteiger partial charge in [0.15, 0.2) is 4.80 Å². The Morgan fingerprint density at radius 1 is 1.05 bits per heavy atom. The Bertz CT molecular complexity index is 1980. The van der Waals surface area contributed by atoms with Crippen molar-refractivity contribution in [2.75, 3.05) is 7.11 Å². The molecule has 0 saturated carbocycles. The zero-order valence-electron chi connectivity index (χ0n) is 25.0. The summed E-state index contributed by atoms with van der Waals surface area (Å²) in [5.41, 5.74) is 6.10. The van der Waals surface area contributed by atoms with Crippen molar-refractivity contribution in [1.82, 2.24) is 9.13 Å². The summed E-state index contributed by atoms with van der Waals surface area (Å²) >= 11 is 7.44. The van der Waals surface area contributed by atoms with Crippen LogP contribution in [0.2, 0.25) is 5.02 Å². The quantitative estimate of drug-likeness (QED) is 0.272. The number of thiazole rings is 1. The van der Waals surface area contributed by atoms with Crippen LogP contribution in [0.15, 0.2) is 69.6 Å². The van der Waals surface area contributed by atoms with Crippen LogP contribution in [-0.4, -0.2) is 34.3 Å². The second kappa shape index (κ2) is 11.8. The number of nitrogens with zero attached hydrogens (tertiary/aromatic N) is 3. The second-order valence-electron chi connectivity index (χ2n) is 10.7. The summed E-state index contributed by atoms with van der Waals surface area (Å²) in [7, 11) is 1.36. The Morgan fingerprint density at radius 3 is 2.40 bits per heavy atom. The summed E-state index contributed by atoms with van der Waals surface area (Å²) in [6.45, 7) is 11.2. The molecule has 0 spiro atoms. The predicted octanol–water partition coefficient (Wildman–Crippen LogP) is 5.34. The van der Waals surface area contributed by atoms with E-state index >= 15 is 0 Å². The Hall–Kier alpha value is -4.21. The number of allylic oxidation sites excluding steroid dienone is 1. The van der Waals surface area contributed by atoms with Crippen LogP contribution in [0.3, 0.4) is 0 Å². The van der Waals surface area contributed by atoms with Crippen LogP contribution in [0, 0.1) is 20.8 Å². The minimum absolute atomic E-state index is 0.264. The molecule has 2 aromatic carbocycles. The maximum Gasteiger partial charge on any atom is 0.338 e. The lowest BCUT2D eigenvalue weighted by Crippen LogP contribution is -2.40. The van der Waals surface area contributed by atoms with E-state index in [0.717, 1.165) is 33.8 Å². The van der Waals surface area contributed by atoms with Crippen molar-refractivity contribution in [2.45, 2.75) is 53.7 Å². The second-order valence-corrected chi connectivity index (χ2v) is 12.1. The molecular formula is C33H32ClN3O5S. The molecular weight excluding hydrogens is 586 g/mol. The molecule has 8 nitrogen and oxygen atoms in total. The zero-order valence-corrected chi connectivity index (χ0v) is 26.6. The number of rotatable bonds is 6. The van der Waals surface area contributed by atoms with Gasteiger partial charge in [0.05, 0.1) is 40.6 Å². The van der Waals surface area contributed by atoms with Crippen molar-refractivity contribution in [2.24, 2.45) is 4.99 Å². The molecule has 0 unspecified atom stereocenters. The van der Waals surface area contributed by atoms with E-state index in [1.807, 2.05) is 57.2 Å². The lowest BCUT2D eigenvalue weighted by Gasteiger charge is -2.25. The summed E-state index contributed by atoms with van der Waals surface area (Å²) in [6, 6.07) is 13.9. The Morgan fingerprint density at radius 2 is 1.74 bits per heavy atom. The van der Waals surface area contributed by atoms with Crippen LogP contribution in [0.4, 0.5) is 0 Å². The number of methoxy groups -OCH3 is 1. The van der Waals surface area contributed by atoms with Crippen molar-refractivity contribution >= 4 is 41.0 Å². The van der Waals surface area contributed by atoms with Gasteiger partial charge in [-0.05, 0) is 94.6 Å². The van der Waals surface area contributed by atoms with E-state index in [-0.39, 0.29) is 11.7 Å². The van der Waals surface area contributed by atoms with Crippen molar-refractivity contribution in [1.29, 1.82) is 0 Å². The Kier molecular flexibility index (Phi) is 8.31. The maximum absolute atomic E-state index is 14.1. The lowest BCUT2D eigenvalue weighted by atomic mass is 9.96. The van der Waals surface area contributed by atoms with E-state index in [2.05, 4.69) is 9.56 Å². The first kappa shape index (κ1) is 30.3. The van der Waals surface area contributed by atoms with Gasteiger partial charge < -0.3 is 14.0 Å². The number of ether oxygens (including phenoxy) is 2. The Balaban J connectivity index is 1.68. The molecule has 2 aromatic heterocycles. The van der Waals surface area contributed by atoms with Crippen LogP contribution >= 0.6 is 22.9 Å². The zero-order chi connectivity index (χ0) is 31.2. The highest BCUT2D eigenvalue weighted by Crippen LogP contribution is 2.32. The molecule has 43 heavy (non-hydrogen) atoms. The highest BCUT2D eigenvalue weighted by molar-refractivity contribution is 7.07. The lowest BCUT2D eigenvalue weighted by molar-refractivity contribution is -0.143. The highest BCUT2D eigenvalue weighted by Gasteiger charge is 2.34. The summed E-state index contributed by atoms with van der Waals surface area (Å²) in [5.74, 6) is -0.913.